The summed E-state index contributed by atoms with van der Waals surface area (Å²) >= 11 is 0.371. The van der Waals surface area contributed by atoms with E-state index in [0.29, 0.717) is 11.8 Å². The number of ether oxygens (including phenoxy) is 4. The second kappa shape index (κ2) is 34.0. The molecule has 15 N–H and O–H groups in total. The third-order valence-electron chi connectivity index (χ3n) is 20.7. The molecule has 0 radical (unpaired) electrons. The van der Waals surface area contributed by atoms with Crippen molar-refractivity contribution in [2.45, 2.75) is 240 Å². The summed E-state index contributed by atoms with van der Waals surface area (Å²) in [6.07, 6.45) is 3.77. The summed E-state index contributed by atoms with van der Waals surface area (Å²) in [5, 5.41) is 140. The second-order valence-corrected chi connectivity index (χ2v) is 28.2. The van der Waals surface area contributed by atoms with E-state index in [4.69, 9.17) is 24.7 Å². The van der Waals surface area contributed by atoms with Gasteiger partial charge >= 0.3 is 11.9 Å². The molecule has 22 nitrogen and oxygen atoms in total. The number of rotatable bonds is 5. The van der Waals surface area contributed by atoms with Gasteiger partial charge in [0, 0.05) is 54.3 Å². The van der Waals surface area contributed by atoms with Gasteiger partial charge in [0.1, 0.15) is 35.9 Å². The van der Waals surface area contributed by atoms with Crippen LogP contribution in [0.3, 0.4) is 0 Å². The molecule has 28 atom stereocenters. The van der Waals surface area contributed by atoms with Crippen molar-refractivity contribution in [2.75, 3.05) is 6.01 Å². The molecule has 2 bridgehead atoms. The molecule has 0 aromatic heterocycles. The molecule has 7 aliphatic rings. The molecule has 534 valence electrons. The molecule has 3 heterocycles. The van der Waals surface area contributed by atoms with E-state index in [1.54, 1.807) is 94.5 Å². The van der Waals surface area contributed by atoms with Crippen molar-refractivity contribution in [2.24, 2.45) is 52.1 Å². The van der Waals surface area contributed by atoms with Crippen molar-refractivity contribution in [1.82, 2.24) is 0 Å². The maximum atomic E-state index is 16.9. The SMILES string of the molecule is C[C@@H]1C[C@H]2[C@@H]3C[C@H](F)C4=CC(=O)C=C[C@]4(C)[C@@]3(F)[C@@H](O)C[C@]2(C)[C@@]1(O)C(=O)SCF.C[C@@H]1[C@H](O)[C@@H](C)/C=C/C=C/C=C/C=C/C=C/C=C/C=C/[C@H](O[C@@H]2O[C@H](C)[C@@H](O)[C@H](N)[C@@H]2O)C[C@@H]2O[C@](O)(C[C@@H](O)C[C@@H](O)[C@H](O)CC[C@@H](O)C[C@@H](O)CC(=O)O[C@H]1C)C[C@H](O)[C@H]2C(=O)O. The molecule has 5 fully saturated rings. The summed E-state index contributed by atoms with van der Waals surface area (Å²) in [4.78, 5) is 49.7. The maximum Gasteiger partial charge on any atom is 0.311 e. The Bertz CT molecular complexity index is 2890. The third-order valence-corrected chi connectivity index (χ3v) is 21.4. The zero-order valence-electron chi connectivity index (χ0n) is 54.8. The number of esters is 1. The first kappa shape index (κ1) is 79.4. The van der Waals surface area contributed by atoms with E-state index in [2.05, 4.69) is 0 Å². The minimum atomic E-state index is -2.33. The van der Waals surface area contributed by atoms with Crippen molar-refractivity contribution >= 4 is 34.6 Å². The summed E-state index contributed by atoms with van der Waals surface area (Å²) in [5.74, 6) is -9.40. The van der Waals surface area contributed by atoms with E-state index in [1.807, 2.05) is 19.1 Å². The lowest BCUT2D eigenvalue weighted by molar-refractivity contribution is -0.308. The number of nitrogens with two attached hydrogens (primary N) is 1. The van der Waals surface area contributed by atoms with Gasteiger partial charge in [0.15, 0.2) is 23.5 Å². The molecule has 3 aliphatic heterocycles. The van der Waals surface area contributed by atoms with Gasteiger partial charge in [-0.25, -0.2) is 13.2 Å². The lowest BCUT2D eigenvalue weighted by Crippen LogP contribution is -2.70. The molecule has 3 saturated carbocycles. The number of carbonyl (C=O) groups is 4. The van der Waals surface area contributed by atoms with Crippen molar-refractivity contribution in [1.29, 1.82) is 0 Å². The Labute approximate surface area is 557 Å². The lowest BCUT2D eigenvalue weighted by atomic mass is 9.44. The number of carbonyl (C=O) groups excluding carboxylic acids is 3. The van der Waals surface area contributed by atoms with Gasteiger partial charge in [-0.1, -0.05) is 131 Å². The summed E-state index contributed by atoms with van der Waals surface area (Å²) in [6.45, 7) is 11.5. The molecule has 0 aromatic rings. The molecule has 95 heavy (non-hydrogen) atoms. The van der Waals surface area contributed by atoms with E-state index < -0.39 is 216 Å². The van der Waals surface area contributed by atoms with Crippen LogP contribution in [0.5, 0.6) is 0 Å². The van der Waals surface area contributed by atoms with Crippen LogP contribution in [0.4, 0.5) is 13.2 Å². The Hall–Kier alpha value is -4.56. The first-order valence-corrected chi connectivity index (χ1v) is 33.6. The van der Waals surface area contributed by atoms with Crippen molar-refractivity contribution in [3.63, 3.8) is 0 Å². The van der Waals surface area contributed by atoms with Crippen LogP contribution in [-0.4, -0.2) is 216 Å². The Morgan fingerprint density at radius 3 is 1.89 bits per heavy atom. The topological polar surface area (TPSA) is 394 Å². The average Bonchev–Trinajstić information content (AvgIpc) is 1.63. The van der Waals surface area contributed by atoms with E-state index in [0.717, 1.165) is 6.08 Å². The van der Waals surface area contributed by atoms with Gasteiger partial charge < -0.3 is 91.1 Å². The number of allylic oxidation sites excluding steroid dienone is 16. The monoisotopic (exact) mass is 1370 g/mol. The molecule has 0 spiro atoms. The zero-order chi connectivity index (χ0) is 70.7. The van der Waals surface area contributed by atoms with Gasteiger partial charge in [-0.05, 0) is 88.9 Å². The zero-order valence-corrected chi connectivity index (χ0v) is 55.6. The number of ketones is 1. The van der Waals surface area contributed by atoms with Crippen LogP contribution >= 0.6 is 11.8 Å². The van der Waals surface area contributed by atoms with Gasteiger partial charge in [-0.15, -0.1) is 0 Å². The quantitative estimate of drug-likeness (QED) is 0.172. The molecule has 26 heteroatoms. The number of alkyl halides is 3. The first-order chi connectivity index (χ1) is 44.5. The molecule has 0 unspecified atom stereocenters. The largest absolute Gasteiger partial charge is 0.481 e. The number of aliphatic hydroxyl groups excluding tert-OH is 10. The molecule has 4 aliphatic carbocycles. The average molecular weight is 1370 g/mol. The summed E-state index contributed by atoms with van der Waals surface area (Å²) in [5.41, 5.74) is -0.894. The van der Waals surface area contributed by atoms with Gasteiger partial charge in [-0.3, -0.25) is 19.2 Å². The summed E-state index contributed by atoms with van der Waals surface area (Å²) in [7, 11) is 0. The molecule has 2 saturated heterocycles. The van der Waals surface area contributed by atoms with Crippen LogP contribution in [-0.2, 0) is 38.1 Å². The van der Waals surface area contributed by atoms with Crippen molar-refractivity contribution in [3.8, 4) is 0 Å². The van der Waals surface area contributed by atoms with E-state index in [-0.39, 0.29) is 56.4 Å². The molecular weight excluding hydrogens is 1270 g/mol. The smallest absolute Gasteiger partial charge is 0.311 e. The summed E-state index contributed by atoms with van der Waals surface area (Å²) < 4.78 is 68.2. The Kier molecular flexibility index (Phi) is 28.4. The van der Waals surface area contributed by atoms with E-state index in [1.165, 1.54) is 32.1 Å². The highest BCUT2D eigenvalue weighted by molar-refractivity contribution is 8.13. The van der Waals surface area contributed by atoms with Gasteiger partial charge in [0.2, 0.25) is 5.12 Å². The first-order valence-electron chi connectivity index (χ1n) is 32.6. The number of aliphatic carboxylic acids is 1. The predicted molar refractivity (Wildman–Crippen MR) is 344 cm³/mol. The number of cyclic esters (lactones) is 1. The normalized spacial score (nSPS) is 47.7. The number of fused-ring (bicyclic) bond motifs is 7. The van der Waals surface area contributed by atoms with E-state index >= 15 is 8.78 Å². The number of hydrogen-bond acceptors (Lipinski definition) is 22. The van der Waals surface area contributed by atoms with Crippen LogP contribution in [0, 0.1) is 46.3 Å². The standard InChI is InChI=1S/C47H73NO17.C22H27F3O4S/c1-27-17-15-13-11-9-7-5-6-8-10-12-14-16-18-34(64-46-44(58)41(48)43(57)30(4)63-46)24-38-40(45(59)60)37(54)26-47(61,65-38)25-33(51)22-36(53)35(52)20-19-31(49)21-32(50)23-39(55)62-29(3)28(2)42(27)56;1-11-6-13-14-8-16(24)15-7-12(26)4-5-19(15,2)21(14,25)17(27)9-20(13,3)22(11,29)18(28)30-10-23/h5-18,27-38,40-44,46,49-54,56-58,61H,19-26,48H2,1-4H3,(H,59,60);4-5,7,11,13-14,16-17,27,29H,6,8-10H2,1-3H3/b6-5+,9-7+,10-8+,13-11+,14-12+,17-15+,18-16+;/t27-,28-,29-,30+,31+,32+,33-,34-,35+,36+,37-,38-,40+,41-,42+,43+,44-,46-,47+;11-,13+,14+,16+,17+,19+,20+,21+,22+/m01/s1. The Morgan fingerprint density at radius 2 is 1.29 bits per heavy atom. The minimum Gasteiger partial charge on any atom is -0.481 e. The number of thioether (sulfide) groups is 1. The number of carboxylic acid groups (broad SMARTS) is 1. The van der Waals surface area contributed by atoms with Crippen LogP contribution in [0.1, 0.15) is 119 Å². The third kappa shape index (κ3) is 18.5. The fourth-order valence-electron chi connectivity index (χ4n) is 15.1. The lowest BCUT2D eigenvalue weighted by Gasteiger charge is -2.63. The van der Waals surface area contributed by atoms with Crippen molar-refractivity contribution in [3.05, 3.63) is 109 Å². The fourth-order valence-corrected chi connectivity index (χ4v) is 15.9. The van der Waals surface area contributed by atoms with Crippen LogP contribution < -0.4 is 5.73 Å². The minimum absolute atomic E-state index is 0.0294. The van der Waals surface area contributed by atoms with Crippen LogP contribution in [0.2, 0.25) is 0 Å². The Morgan fingerprint density at radius 1 is 0.695 bits per heavy atom. The fraction of sp³-hybridized carbons (Fsp3) is 0.681. The molecular formula is C69H100F3NO21S. The molecule has 7 rings (SSSR count). The van der Waals surface area contributed by atoms with Gasteiger partial charge in [-0.2, -0.15) is 0 Å². The summed E-state index contributed by atoms with van der Waals surface area (Å²) in [6, 6.07) is -2.14. The maximum absolute atomic E-state index is 16.9. The van der Waals surface area contributed by atoms with Crippen LogP contribution in [0.15, 0.2) is 109 Å². The van der Waals surface area contributed by atoms with Gasteiger partial charge in [0.25, 0.3) is 0 Å². The number of hydrogen-bond donors (Lipinski definition) is 14. The second-order valence-electron chi connectivity index (χ2n) is 27.4. The number of carboxylic acids is 1. The molecule has 0 aromatic carbocycles. The van der Waals surface area contributed by atoms with E-state index in [9.17, 15) is 90.0 Å². The number of halogens is 3. The molecule has 0 amide bonds. The predicted octanol–water partition coefficient (Wildman–Crippen LogP) is 4.18. The highest BCUT2D eigenvalue weighted by Gasteiger charge is 2.77. The van der Waals surface area contributed by atoms with Crippen LogP contribution in [0.25, 0.3) is 0 Å². The Balaban J connectivity index is 0.000000392. The van der Waals surface area contributed by atoms with Gasteiger partial charge in [0.05, 0.1) is 85.7 Å². The van der Waals surface area contributed by atoms with Crippen molar-refractivity contribution < 1.29 is 118 Å². The number of aliphatic hydroxyl groups is 12. The highest BCUT2D eigenvalue weighted by atomic mass is 32.2. The highest BCUT2D eigenvalue weighted by Crippen LogP contribution is 2.71.